The molecule has 2 aromatic carbocycles. The largest absolute Gasteiger partial charge is 2.00 e. The third kappa shape index (κ3) is 18.0. The van der Waals surface area contributed by atoms with Gasteiger partial charge in [-0.05, 0) is 71.9 Å². The van der Waals surface area contributed by atoms with Crippen LogP contribution >= 0.6 is 23.5 Å². The van der Waals surface area contributed by atoms with E-state index in [0.717, 1.165) is 74.9 Å². The van der Waals surface area contributed by atoms with Crippen LogP contribution in [-0.4, -0.2) is 35.7 Å². The molecule has 4 aliphatic carbocycles. The molecule has 4 saturated carbocycles. The van der Waals surface area contributed by atoms with Gasteiger partial charge in [0.1, 0.15) is 0 Å². The van der Waals surface area contributed by atoms with Crippen molar-refractivity contribution in [2.45, 2.75) is 138 Å². The number of anilines is 2. The van der Waals surface area contributed by atoms with Gasteiger partial charge >= 0.3 is 29.1 Å². The summed E-state index contributed by atoms with van der Waals surface area (Å²) in [6.07, 6.45) is 13.9. The maximum Gasteiger partial charge on any atom is 2.00 e. The zero-order valence-electron chi connectivity index (χ0n) is 33.2. The van der Waals surface area contributed by atoms with Crippen LogP contribution in [0, 0.1) is 11.8 Å². The number of hydrogen-bond donors (Lipinski definition) is 2. The van der Waals surface area contributed by atoms with Gasteiger partial charge in [0, 0.05) is 57.3 Å². The van der Waals surface area contributed by atoms with Crippen molar-refractivity contribution in [1.29, 1.82) is 0 Å². The van der Waals surface area contributed by atoms with E-state index in [2.05, 4.69) is 21.3 Å². The molecule has 8 nitrogen and oxygen atoms in total. The van der Waals surface area contributed by atoms with Gasteiger partial charge in [-0.3, -0.25) is 19.2 Å². The van der Waals surface area contributed by atoms with Gasteiger partial charge in [0.05, 0.1) is 0 Å². The topological polar surface area (TPSA) is 121 Å². The van der Waals surface area contributed by atoms with Crippen LogP contribution in [0.5, 0.6) is 0 Å². The molecule has 1 radical (unpaired) electrons. The minimum absolute atomic E-state index is 0. The molecular formula is C42H48CoF6Fe2N4O4S2. The van der Waals surface area contributed by atoms with Gasteiger partial charge in [-0.15, -0.1) is 34.9 Å². The van der Waals surface area contributed by atoms with Crippen molar-refractivity contribution in [3.63, 3.8) is 0 Å². The molecular weight excluding hydrogens is 973 g/mol. The van der Waals surface area contributed by atoms with Crippen LogP contribution in [-0.2, 0) is 70.1 Å². The molecule has 2 N–H and O–H groups in total. The summed E-state index contributed by atoms with van der Waals surface area (Å²) in [5.74, 6) is -3.88. The van der Waals surface area contributed by atoms with Crippen LogP contribution in [0.1, 0.15) is 116 Å². The molecule has 2 aromatic rings. The molecule has 4 fully saturated rings. The Morgan fingerprint density at radius 1 is 0.525 bits per heavy atom. The number of fused-ring (bicyclic) bond motifs is 2. The minimum atomic E-state index is -4.90. The molecule has 61 heavy (non-hydrogen) atoms. The van der Waals surface area contributed by atoms with Crippen molar-refractivity contribution in [2.75, 3.05) is 10.6 Å². The first-order valence-corrected chi connectivity index (χ1v) is 21.6. The Labute approximate surface area is 393 Å². The zero-order valence-corrected chi connectivity index (χ0v) is 38.0. The molecule has 2 aliphatic heterocycles. The average Bonchev–Trinajstić information content (AvgIpc) is 4.04. The van der Waals surface area contributed by atoms with E-state index in [4.69, 9.17) is 0 Å². The Bertz CT molecular complexity index is 1700. The van der Waals surface area contributed by atoms with E-state index in [1.165, 1.54) is 64.2 Å². The first-order chi connectivity index (χ1) is 27.7. The van der Waals surface area contributed by atoms with Crippen molar-refractivity contribution < 1.29 is 96.4 Å². The number of benzene rings is 2. The fourth-order valence-electron chi connectivity index (χ4n) is 7.18. The second kappa shape index (κ2) is 26.4. The molecule has 2 amide bonds. The summed E-state index contributed by atoms with van der Waals surface area (Å²) in [7, 11) is 0. The third-order valence-corrected chi connectivity index (χ3v) is 12.3. The molecule has 0 saturated heterocycles. The van der Waals surface area contributed by atoms with E-state index in [9.17, 15) is 45.5 Å². The van der Waals surface area contributed by atoms with Gasteiger partial charge < -0.3 is 21.3 Å². The number of amides is 2. The van der Waals surface area contributed by atoms with Crippen molar-refractivity contribution in [2.24, 2.45) is 11.8 Å². The Balaban J connectivity index is 0.000000327. The van der Waals surface area contributed by atoms with Crippen molar-refractivity contribution in [3.8, 4) is 0 Å². The van der Waals surface area contributed by atoms with Crippen LogP contribution in [0.3, 0.4) is 0 Å². The third-order valence-electron chi connectivity index (χ3n) is 10.4. The molecule has 0 spiro atoms. The van der Waals surface area contributed by atoms with Gasteiger partial charge in [0.15, 0.2) is 0 Å². The normalized spacial score (nSPS) is 19.0. The Morgan fingerprint density at radius 2 is 0.820 bits per heavy atom. The van der Waals surface area contributed by atoms with Crippen molar-refractivity contribution in [1.82, 2.24) is 0 Å². The van der Waals surface area contributed by atoms with Gasteiger partial charge in [-0.25, -0.2) is 0 Å². The fraction of sp³-hybridized carbons (Fsp3) is 0.524. The Hall–Kier alpha value is -2.37. The van der Waals surface area contributed by atoms with Crippen LogP contribution in [0.4, 0.5) is 49.1 Å². The molecule has 8 rings (SSSR count). The maximum absolute atomic E-state index is 12.3. The Morgan fingerprint density at radius 3 is 1.10 bits per heavy atom. The number of carbonyl (C=O) groups excluding carboxylic acids is 4. The number of allylic oxidation sites excluding steroid dienone is 2. The number of halogens is 6. The van der Waals surface area contributed by atoms with E-state index >= 15 is 0 Å². The van der Waals surface area contributed by atoms with E-state index < -0.39 is 23.9 Å². The summed E-state index contributed by atoms with van der Waals surface area (Å²) >= 11 is 1.95. The number of thioether (sulfide) groups is 2. The number of nitrogens with zero attached hydrogens (tertiary/aromatic N) is 2. The summed E-state index contributed by atoms with van der Waals surface area (Å²) in [5.41, 5.74) is 2.13. The van der Waals surface area contributed by atoms with Gasteiger partial charge in [0.25, 0.3) is 11.6 Å². The molecule has 0 bridgehead atoms. The molecule has 0 atom stereocenters. The summed E-state index contributed by atoms with van der Waals surface area (Å²) in [5, 5.41) is 13.6. The fourth-order valence-corrected chi connectivity index (χ4v) is 9.06. The number of nitrogens with one attached hydrogen (secondary N) is 2. The van der Waals surface area contributed by atoms with E-state index in [-0.39, 0.29) is 84.6 Å². The van der Waals surface area contributed by atoms with Crippen molar-refractivity contribution >= 4 is 69.7 Å². The maximum atomic E-state index is 12.3. The number of ketones is 2. The van der Waals surface area contributed by atoms with E-state index in [1.807, 2.05) is 0 Å². The van der Waals surface area contributed by atoms with Gasteiger partial charge in [-0.1, -0.05) is 112 Å². The number of hydrogen-bond acceptors (Lipinski definition) is 6. The van der Waals surface area contributed by atoms with E-state index in [1.54, 1.807) is 36.4 Å². The minimum Gasteiger partial charge on any atom is -0.651 e. The molecule has 2 heterocycles. The summed E-state index contributed by atoms with van der Waals surface area (Å²) in [6.45, 7) is 0. The standard InChI is InChI=1S/2C16H15F3N2O2S.2C5H10.Co.2Fe/c2*17-16(18,19)13(22)8-14-21-11-6-5-10(7-12(11)24-14)20-15(23)9-3-1-2-4-9;2*1-2-4-5-3-1;;;/h2*5-9H,1-4H2,(H2,20,21,22,23);2*1-5H2;;;/q;;;;+2;;/p-2. The molecule has 0 unspecified atom stereocenters. The summed E-state index contributed by atoms with van der Waals surface area (Å²) in [6, 6.07) is 9.87. The molecule has 19 heteroatoms. The summed E-state index contributed by atoms with van der Waals surface area (Å²) < 4.78 is 73.8. The first kappa shape index (κ1) is 54.8. The van der Waals surface area contributed by atoms with Crippen LogP contribution in [0.2, 0.25) is 0 Å². The second-order valence-electron chi connectivity index (χ2n) is 15.0. The van der Waals surface area contributed by atoms with E-state index in [0.29, 0.717) is 44.7 Å². The van der Waals surface area contributed by atoms with Crippen molar-refractivity contribution in [3.05, 3.63) is 69.2 Å². The molecule has 6 aliphatic rings. The van der Waals surface area contributed by atoms with Crippen LogP contribution in [0.25, 0.3) is 10.6 Å². The van der Waals surface area contributed by atoms with Crippen LogP contribution in [0.15, 0.2) is 68.4 Å². The van der Waals surface area contributed by atoms with Gasteiger partial charge in [-0.2, -0.15) is 26.3 Å². The predicted octanol–water partition coefficient (Wildman–Crippen LogP) is 13.7. The SMILES string of the molecule is C1CCCC1.C1CCCC1.O=C(Nc1ccc2c(c1)S/C(=C/C(=O)C(F)(F)F)[N-]2)C1CCCC1.O=C(Nc1ccc2c(c1)S/C(=C/C(=O)C(F)(F)F)[N-]2)C1CCCC1.[Co+2].[Fe].[Fe]. The van der Waals surface area contributed by atoms with Gasteiger partial charge in [0.2, 0.25) is 11.8 Å². The zero-order chi connectivity index (χ0) is 41.7. The molecule has 339 valence electrons. The average molecular weight is 1020 g/mol. The smallest absolute Gasteiger partial charge is 0.651 e. The number of rotatable bonds is 6. The molecule has 0 aromatic heterocycles. The predicted molar refractivity (Wildman–Crippen MR) is 216 cm³/mol. The number of alkyl halides is 6. The quantitative estimate of drug-likeness (QED) is 0.169. The Kier molecular flexibility index (Phi) is 23.7. The monoisotopic (exact) mass is 1020 g/mol. The first-order valence-electron chi connectivity index (χ1n) is 20.0. The summed E-state index contributed by atoms with van der Waals surface area (Å²) in [4.78, 5) is 47.4. The number of carbonyl (C=O) groups is 4. The second-order valence-corrected chi connectivity index (χ2v) is 17.1. The van der Waals surface area contributed by atoms with Crippen LogP contribution < -0.4 is 10.6 Å².